The predicted octanol–water partition coefficient (Wildman–Crippen LogP) is 2.40. The Morgan fingerprint density at radius 1 is 1.20 bits per heavy atom. The minimum Gasteiger partial charge on any atom is -0.497 e. The van der Waals surface area contributed by atoms with E-state index in [1.165, 1.54) is 44.3 Å². The van der Waals surface area contributed by atoms with Gasteiger partial charge >= 0.3 is 0 Å². The van der Waals surface area contributed by atoms with E-state index in [-0.39, 0.29) is 6.61 Å². The number of rotatable bonds is 5. The molecule has 1 aromatic rings. The fourth-order valence-corrected chi connectivity index (χ4v) is 5.65. The molecular formula is C21H32N2O2. The minimum atomic E-state index is 0.286. The van der Waals surface area contributed by atoms with Crippen molar-refractivity contribution in [1.29, 1.82) is 0 Å². The first kappa shape index (κ1) is 17.3. The highest BCUT2D eigenvalue weighted by Crippen LogP contribution is 2.42. The molecule has 3 saturated heterocycles. The third-order valence-corrected chi connectivity index (χ3v) is 6.69. The molecule has 4 atom stereocenters. The number of benzene rings is 1. The number of β-amino-alcohol motifs (C(OH)–C–C–N with tert-alkyl or cyclic N) is 1. The van der Waals surface area contributed by atoms with E-state index in [0.29, 0.717) is 6.04 Å². The summed E-state index contributed by atoms with van der Waals surface area (Å²) in [5.41, 5.74) is 1.39. The largest absolute Gasteiger partial charge is 0.497 e. The lowest BCUT2D eigenvalue weighted by molar-refractivity contribution is -0.0730. The van der Waals surface area contributed by atoms with E-state index < -0.39 is 0 Å². The Morgan fingerprint density at radius 3 is 2.92 bits per heavy atom. The highest BCUT2D eigenvalue weighted by molar-refractivity contribution is 5.29. The first-order valence-electron chi connectivity index (χ1n) is 10.0. The van der Waals surface area contributed by atoms with Crippen molar-refractivity contribution in [2.24, 2.45) is 11.8 Å². The SMILES string of the molecule is COc1cccc(C[C@H]2[C@H]3C[C@H](CN(CCO)C3)[C@@H]3CCCCN32)c1. The fraction of sp³-hybridized carbons (Fsp3) is 0.714. The number of piperidine rings is 3. The zero-order valence-corrected chi connectivity index (χ0v) is 15.4. The number of nitrogens with zero attached hydrogens (tertiary/aromatic N) is 2. The fourth-order valence-electron chi connectivity index (χ4n) is 5.65. The van der Waals surface area contributed by atoms with Crippen molar-refractivity contribution < 1.29 is 9.84 Å². The molecule has 1 N–H and O–H groups in total. The second-order valence-corrected chi connectivity index (χ2v) is 8.16. The molecule has 3 aliphatic heterocycles. The van der Waals surface area contributed by atoms with Crippen LogP contribution in [-0.2, 0) is 6.42 Å². The molecule has 0 spiro atoms. The van der Waals surface area contributed by atoms with Crippen LogP contribution in [0, 0.1) is 11.8 Å². The van der Waals surface area contributed by atoms with Crippen LogP contribution < -0.4 is 4.74 Å². The molecular weight excluding hydrogens is 312 g/mol. The average Bonchev–Trinajstić information content (AvgIpc) is 2.65. The summed E-state index contributed by atoms with van der Waals surface area (Å²) in [4.78, 5) is 5.38. The maximum Gasteiger partial charge on any atom is 0.119 e. The van der Waals surface area contributed by atoms with Crippen molar-refractivity contribution >= 4 is 0 Å². The Hall–Kier alpha value is -1.10. The molecule has 4 rings (SSSR count). The summed E-state index contributed by atoms with van der Waals surface area (Å²) in [5.74, 6) is 2.49. The van der Waals surface area contributed by atoms with Crippen LogP contribution in [0.1, 0.15) is 31.2 Å². The van der Waals surface area contributed by atoms with Gasteiger partial charge in [0.2, 0.25) is 0 Å². The zero-order chi connectivity index (χ0) is 17.2. The lowest BCUT2D eigenvalue weighted by Crippen LogP contribution is -2.64. The number of likely N-dealkylation sites (tertiary alicyclic amines) is 1. The smallest absolute Gasteiger partial charge is 0.119 e. The molecule has 0 unspecified atom stereocenters. The summed E-state index contributed by atoms with van der Waals surface area (Å²) in [6.45, 7) is 4.73. The summed E-state index contributed by atoms with van der Waals surface area (Å²) >= 11 is 0. The van der Waals surface area contributed by atoms with Crippen molar-refractivity contribution in [3.05, 3.63) is 29.8 Å². The molecule has 3 aliphatic rings. The van der Waals surface area contributed by atoms with Gasteiger partial charge in [-0.25, -0.2) is 0 Å². The molecule has 0 aromatic heterocycles. The molecule has 0 radical (unpaired) electrons. The normalized spacial score (nSPS) is 33.0. The quantitative estimate of drug-likeness (QED) is 0.890. The van der Waals surface area contributed by atoms with Crippen LogP contribution in [0.4, 0.5) is 0 Å². The van der Waals surface area contributed by atoms with E-state index >= 15 is 0 Å². The zero-order valence-electron chi connectivity index (χ0n) is 15.4. The predicted molar refractivity (Wildman–Crippen MR) is 100.0 cm³/mol. The molecule has 0 aliphatic carbocycles. The molecule has 1 aromatic carbocycles. The van der Waals surface area contributed by atoms with Crippen molar-refractivity contribution in [2.75, 3.05) is 39.9 Å². The summed E-state index contributed by atoms with van der Waals surface area (Å²) in [5, 5.41) is 9.41. The number of aliphatic hydroxyl groups excluding tert-OH is 1. The topological polar surface area (TPSA) is 35.9 Å². The van der Waals surface area contributed by atoms with Gasteiger partial charge in [0, 0.05) is 31.7 Å². The maximum atomic E-state index is 9.41. The van der Waals surface area contributed by atoms with Gasteiger partial charge in [0.05, 0.1) is 13.7 Å². The highest BCUT2D eigenvalue weighted by atomic mass is 16.5. The van der Waals surface area contributed by atoms with Crippen molar-refractivity contribution in [1.82, 2.24) is 9.80 Å². The number of hydrogen-bond acceptors (Lipinski definition) is 4. The molecule has 4 nitrogen and oxygen atoms in total. The summed E-state index contributed by atoms with van der Waals surface area (Å²) < 4.78 is 5.43. The Morgan fingerprint density at radius 2 is 2.08 bits per heavy atom. The molecule has 25 heavy (non-hydrogen) atoms. The number of methoxy groups -OCH3 is 1. The molecule has 4 heteroatoms. The van der Waals surface area contributed by atoms with Crippen LogP contribution >= 0.6 is 0 Å². The second-order valence-electron chi connectivity index (χ2n) is 8.16. The number of ether oxygens (including phenoxy) is 1. The van der Waals surface area contributed by atoms with E-state index in [9.17, 15) is 5.11 Å². The lowest BCUT2D eigenvalue weighted by atomic mass is 9.71. The Kier molecular flexibility index (Phi) is 5.30. The third-order valence-electron chi connectivity index (χ3n) is 6.69. The summed E-state index contributed by atoms with van der Waals surface area (Å²) in [6, 6.07) is 10.00. The monoisotopic (exact) mass is 344 g/mol. The van der Waals surface area contributed by atoms with E-state index in [4.69, 9.17) is 4.74 Å². The van der Waals surface area contributed by atoms with Gasteiger partial charge in [-0.3, -0.25) is 4.90 Å². The molecule has 138 valence electrons. The first-order chi connectivity index (χ1) is 12.3. The van der Waals surface area contributed by atoms with Crippen molar-refractivity contribution in [3.63, 3.8) is 0 Å². The molecule has 3 fully saturated rings. The number of fused-ring (bicyclic) bond motifs is 4. The minimum absolute atomic E-state index is 0.286. The van der Waals surface area contributed by atoms with Gasteiger partial charge in [-0.05, 0) is 61.8 Å². The van der Waals surface area contributed by atoms with Crippen LogP contribution in [-0.4, -0.2) is 66.9 Å². The summed E-state index contributed by atoms with van der Waals surface area (Å²) in [7, 11) is 1.75. The maximum absolute atomic E-state index is 9.41. The van der Waals surface area contributed by atoms with Gasteiger partial charge in [-0.2, -0.15) is 0 Å². The molecule has 0 saturated carbocycles. The Balaban J connectivity index is 1.57. The van der Waals surface area contributed by atoms with Gasteiger partial charge in [-0.15, -0.1) is 0 Å². The van der Waals surface area contributed by atoms with Crippen LogP contribution in [0.5, 0.6) is 5.75 Å². The Labute approximate surface area is 151 Å². The molecule has 0 amide bonds. The van der Waals surface area contributed by atoms with Gasteiger partial charge < -0.3 is 14.7 Å². The van der Waals surface area contributed by atoms with Crippen LogP contribution in [0.2, 0.25) is 0 Å². The van der Waals surface area contributed by atoms with E-state index in [1.807, 2.05) is 6.07 Å². The Bertz CT molecular complexity index is 577. The van der Waals surface area contributed by atoms with Crippen molar-refractivity contribution in [3.8, 4) is 5.75 Å². The molecule has 3 heterocycles. The van der Waals surface area contributed by atoms with Crippen LogP contribution in [0.15, 0.2) is 24.3 Å². The standard InChI is InChI=1S/C21H32N2O2/c1-25-19-6-4-5-16(11-19)12-21-18-13-17(14-22(15-18)9-10-24)20-7-2-3-8-23(20)21/h4-6,11,17-18,20-21,24H,2-3,7-10,12-15H2,1H3/t17-,18+,20+,21+/m1/s1. The van der Waals surface area contributed by atoms with E-state index in [1.54, 1.807) is 7.11 Å². The van der Waals surface area contributed by atoms with Crippen molar-refractivity contribution in [2.45, 2.75) is 44.2 Å². The summed E-state index contributed by atoms with van der Waals surface area (Å²) in [6.07, 6.45) is 6.59. The van der Waals surface area contributed by atoms with E-state index in [2.05, 4.69) is 28.0 Å². The van der Waals surface area contributed by atoms with Crippen LogP contribution in [0.3, 0.4) is 0 Å². The average molecular weight is 344 g/mol. The van der Waals surface area contributed by atoms with Gasteiger partial charge in [0.1, 0.15) is 5.75 Å². The van der Waals surface area contributed by atoms with Gasteiger partial charge in [-0.1, -0.05) is 18.6 Å². The van der Waals surface area contributed by atoms with Gasteiger partial charge in [0.25, 0.3) is 0 Å². The third kappa shape index (κ3) is 3.57. The molecule has 2 bridgehead atoms. The first-order valence-corrected chi connectivity index (χ1v) is 10.0. The number of hydrogen-bond donors (Lipinski definition) is 1. The van der Waals surface area contributed by atoms with Crippen LogP contribution in [0.25, 0.3) is 0 Å². The van der Waals surface area contributed by atoms with Gasteiger partial charge in [0.15, 0.2) is 0 Å². The number of aliphatic hydroxyl groups is 1. The van der Waals surface area contributed by atoms with E-state index in [0.717, 1.165) is 43.1 Å². The lowest BCUT2D eigenvalue weighted by Gasteiger charge is -2.57. The highest BCUT2D eigenvalue weighted by Gasteiger charge is 2.46. The second kappa shape index (κ2) is 7.65.